The summed E-state index contributed by atoms with van der Waals surface area (Å²) in [7, 11) is 0. The molecule has 0 radical (unpaired) electrons. The summed E-state index contributed by atoms with van der Waals surface area (Å²) in [5, 5.41) is 8.89. The Hall–Kier alpha value is -2.80. The van der Waals surface area contributed by atoms with Crippen molar-refractivity contribution in [3.8, 4) is 5.69 Å². The molecule has 0 aliphatic heterocycles. The Morgan fingerprint density at radius 1 is 1.31 bits per heavy atom. The largest absolute Gasteiger partial charge is 0.345 e. The highest BCUT2D eigenvalue weighted by Gasteiger charge is 2.18. The van der Waals surface area contributed by atoms with Crippen molar-refractivity contribution in [2.24, 2.45) is 0 Å². The average molecular weight is 371 g/mol. The van der Waals surface area contributed by atoms with Crippen LogP contribution in [0.25, 0.3) is 5.69 Å². The van der Waals surface area contributed by atoms with Crippen LogP contribution in [0.4, 0.5) is 4.39 Å². The lowest BCUT2D eigenvalue weighted by Gasteiger charge is -2.13. The van der Waals surface area contributed by atoms with E-state index in [1.165, 1.54) is 30.4 Å². The smallest absolute Gasteiger partial charge is 0.252 e. The minimum Gasteiger partial charge on any atom is -0.345 e. The molecular formula is C19H18FN3O2S. The van der Waals surface area contributed by atoms with E-state index in [2.05, 4.69) is 10.4 Å². The van der Waals surface area contributed by atoms with Gasteiger partial charge in [0.2, 0.25) is 0 Å². The van der Waals surface area contributed by atoms with Gasteiger partial charge in [0, 0.05) is 16.6 Å². The summed E-state index contributed by atoms with van der Waals surface area (Å²) in [6, 6.07) is 7.48. The molecule has 0 saturated carbocycles. The highest BCUT2D eigenvalue weighted by Crippen LogP contribution is 2.22. The Balaban J connectivity index is 1.79. The van der Waals surface area contributed by atoms with Crippen LogP contribution in [0.15, 0.2) is 41.9 Å². The van der Waals surface area contributed by atoms with Gasteiger partial charge in [-0.25, -0.2) is 9.07 Å². The number of halogens is 1. The summed E-state index contributed by atoms with van der Waals surface area (Å²) in [5.41, 5.74) is 2.74. The fourth-order valence-corrected chi connectivity index (χ4v) is 3.50. The Labute approximate surface area is 154 Å². The lowest BCUT2D eigenvalue weighted by molar-refractivity contribution is 0.0940. The zero-order chi connectivity index (χ0) is 18.8. The minimum absolute atomic E-state index is 0.0608. The molecule has 134 valence electrons. The molecule has 1 aromatic carbocycles. The van der Waals surface area contributed by atoms with E-state index in [0.29, 0.717) is 16.1 Å². The van der Waals surface area contributed by atoms with Gasteiger partial charge in [0.1, 0.15) is 5.82 Å². The molecule has 1 N–H and O–H groups in total. The van der Waals surface area contributed by atoms with E-state index in [1.54, 1.807) is 34.5 Å². The number of aromatic nitrogens is 2. The highest BCUT2D eigenvalue weighted by molar-refractivity contribution is 7.12. The van der Waals surface area contributed by atoms with Gasteiger partial charge in [0.05, 0.1) is 28.4 Å². The van der Waals surface area contributed by atoms with Crippen LogP contribution in [-0.2, 0) is 0 Å². The Kier molecular flexibility index (Phi) is 4.99. The number of nitrogens with zero attached hydrogens (tertiary/aromatic N) is 2. The summed E-state index contributed by atoms with van der Waals surface area (Å²) in [4.78, 5) is 24.3. The lowest BCUT2D eigenvalue weighted by atomic mass is 10.1. The molecule has 7 heteroatoms. The summed E-state index contributed by atoms with van der Waals surface area (Å²) < 4.78 is 15.1. The zero-order valence-electron chi connectivity index (χ0n) is 14.6. The monoisotopic (exact) mass is 371 g/mol. The number of ketones is 1. The fraction of sp³-hybridized carbons (Fsp3) is 0.211. The van der Waals surface area contributed by atoms with Crippen LogP contribution < -0.4 is 5.32 Å². The fourth-order valence-electron chi connectivity index (χ4n) is 2.71. The van der Waals surface area contributed by atoms with Gasteiger partial charge in [-0.15, -0.1) is 11.3 Å². The Morgan fingerprint density at radius 2 is 2.08 bits per heavy atom. The van der Waals surface area contributed by atoms with Gasteiger partial charge in [-0.1, -0.05) is 6.07 Å². The van der Waals surface area contributed by atoms with Crippen LogP contribution >= 0.6 is 11.3 Å². The van der Waals surface area contributed by atoms with Crippen LogP contribution in [0, 0.1) is 12.7 Å². The van der Waals surface area contributed by atoms with Gasteiger partial charge in [-0.2, -0.15) is 5.10 Å². The number of carbonyl (C=O) groups excluding carboxylic acids is 2. The first kappa shape index (κ1) is 18.0. The molecule has 26 heavy (non-hydrogen) atoms. The molecule has 0 aliphatic rings. The van der Waals surface area contributed by atoms with E-state index in [9.17, 15) is 14.0 Å². The SMILES string of the molecule is CC(=O)c1cc(C(=O)NC(C)c2cnn(-c3cccc(F)c3)c2C)cs1. The van der Waals surface area contributed by atoms with Gasteiger partial charge < -0.3 is 5.32 Å². The van der Waals surface area contributed by atoms with Crippen molar-refractivity contribution < 1.29 is 14.0 Å². The van der Waals surface area contributed by atoms with E-state index in [4.69, 9.17) is 0 Å². The molecule has 1 unspecified atom stereocenters. The normalized spacial score (nSPS) is 12.0. The molecule has 3 rings (SSSR count). The van der Waals surface area contributed by atoms with Gasteiger partial charge in [0.25, 0.3) is 5.91 Å². The first-order valence-electron chi connectivity index (χ1n) is 8.07. The van der Waals surface area contributed by atoms with Crippen molar-refractivity contribution in [1.82, 2.24) is 15.1 Å². The maximum absolute atomic E-state index is 13.4. The first-order valence-corrected chi connectivity index (χ1v) is 8.95. The van der Waals surface area contributed by atoms with Crippen LogP contribution in [-0.4, -0.2) is 21.5 Å². The lowest BCUT2D eigenvalue weighted by Crippen LogP contribution is -2.26. The average Bonchev–Trinajstić information content (AvgIpc) is 3.21. The van der Waals surface area contributed by atoms with Crippen molar-refractivity contribution in [1.29, 1.82) is 0 Å². The van der Waals surface area contributed by atoms with Crippen LogP contribution in [0.3, 0.4) is 0 Å². The maximum Gasteiger partial charge on any atom is 0.252 e. The van der Waals surface area contributed by atoms with E-state index in [1.807, 2.05) is 13.8 Å². The van der Waals surface area contributed by atoms with Crippen molar-refractivity contribution in [3.05, 3.63) is 69.4 Å². The summed E-state index contributed by atoms with van der Waals surface area (Å²) >= 11 is 1.25. The molecule has 0 fully saturated rings. The molecule has 3 aromatic rings. The maximum atomic E-state index is 13.4. The molecule has 1 atom stereocenters. The minimum atomic E-state index is -0.334. The third kappa shape index (κ3) is 3.57. The molecule has 1 amide bonds. The van der Waals surface area contributed by atoms with Crippen molar-refractivity contribution >= 4 is 23.0 Å². The molecule has 0 saturated heterocycles. The van der Waals surface area contributed by atoms with Gasteiger partial charge in [-0.05, 0) is 45.0 Å². The first-order chi connectivity index (χ1) is 12.4. The second kappa shape index (κ2) is 7.21. The van der Waals surface area contributed by atoms with Crippen molar-refractivity contribution in [2.75, 3.05) is 0 Å². The zero-order valence-corrected chi connectivity index (χ0v) is 15.4. The molecular weight excluding hydrogens is 353 g/mol. The highest BCUT2D eigenvalue weighted by atomic mass is 32.1. The molecule has 5 nitrogen and oxygen atoms in total. The molecule has 0 bridgehead atoms. The quantitative estimate of drug-likeness (QED) is 0.688. The van der Waals surface area contributed by atoms with E-state index >= 15 is 0 Å². The molecule has 0 spiro atoms. The summed E-state index contributed by atoms with van der Waals surface area (Å²) in [6.45, 7) is 5.20. The number of hydrogen-bond donors (Lipinski definition) is 1. The van der Waals surface area contributed by atoms with Crippen molar-refractivity contribution in [2.45, 2.75) is 26.8 Å². The number of hydrogen-bond acceptors (Lipinski definition) is 4. The number of carbonyl (C=O) groups is 2. The van der Waals surface area contributed by atoms with Crippen LogP contribution in [0.5, 0.6) is 0 Å². The number of benzene rings is 1. The number of amides is 1. The number of thiophene rings is 1. The van der Waals surface area contributed by atoms with Crippen molar-refractivity contribution in [3.63, 3.8) is 0 Å². The predicted octanol–water partition coefficient (Wildman–Crippen LogP) is 4.07. The molecule has 0 aliphatic carbocycles. The molecule has 2 aromatic heterocycles. The topological polar surface area (TPSA) is 64.0 Å². The standard InChI is InChI=1S/C19H18FN3O2S/c1-11(22-19(25)14-7-18(13(3)24)26-10-14)17-9-21-23(12(17)2)16-6-4-5-15(20)8-16/h4-11H,1-3H3,(H,22,25). The third-order valence-corrected chi connectivity index (χ3v) is 5.15. The number of rotatable bonds is 5. The van der Waals surface area contributed by atoms with Crippen LogP contribution in [0.2, 0.25) is 0 Å². The number of Topliss-reactive ketones (excluding diaryl/α,β-unsaturated/α-hetero) is 1. The van der Waals surface area contributed by atoms with E-state index in [0.717, 1.165) is 11.3 Å². The van der Waals surface area contributed by atoms with Crippen LogP contribution in [0.1, 0.15) is 51.2 Å². The van der Waals surface area contributed by atoms with Gasteiger partial charge in [-0.3, -0.25) is 9.59 Å². The van der Waals surface area contributed by atoms with Gasteiger partial charge >= 0.3 is 0 Å². The predicted molar refractivity (Wildman–Crippen MR) is 98.5 cm³/mol. The Bertz CT molecular complexity index is 977. The summed E-state index contributed by atoms with van der Waals surface area (Å²) in [5.74, 6) is -0.646. The number of nitrogens with one attached hydrogen (secondary N) is 1. The van der Waals surface area contributed by atoms with E-state index in [-0.39, 0.29) is 23.5 Å². The summed E-state index contributed by atoms with van der Waals surface area (Å²) in [6.07, 6.45) is 1.67. The van der Waals surface area contributed by atoms with E-state index < -0.39 is 0 Å². The second-order valence-electron chi connectivity index (χ2n) is 6.03. The second-order valence-corrected chi connectivity index (χ2v) is 6.94. The third-order valence-electron chi connectivity index (χ3n) is 4.12. The van der Waals surface area contributed by atoms with Gasteiger partial charge in [0.15, 0.2) is 5.78 Å². The molecule has 2 heterocycles. The Morgan fingerprint density at radius 3 is 2.73 bits per heavy atom.